The number of aliphatic hydroxyl groups is 2. The maximum atomic E-state index is 12.9. The van der Waals surface area contributed by atoms with Gasteiger partial charge in [-0.05, 0) is 25.3 Å². The molecule has 3 aliphatic heterocycles. The van der Waals surface area contributed by atoms with Crippen molar-refractivity contribution in [2.75, 3.05) is 0 Å². The molecule has 11 unspecified atom stereocenters. The molecule has 9 nitrogen and oxygen atoms in total. The highest BCUT2D eigenvalue weighted by atomic mass is 35.5. The molecular formula is C24H31ClO9. The van der Waals surface area contributed by atoms with Crippen LogP contribution in [0.4, 0.5) is 0 Å². The standard InChI is InChI=1S/C24H31ClO9/c1-9-7-8-14(31-12(4)26)23(6)15(9)20(32-13(5)27)24-11(3)22(30)33-21(24)16(25)10(2)18(34-24)17(28)19(23)29/h11,14-21,28-29H,1-2,7-8H2,3-6H3. The number of ether oxygens (including phenoxy) is 4. The minimum absolute atomic E-state index is 0.220. The van der Waals surface area contributed by atoms with Crippen molar-refractivity contribution in [1.29, 1.82) is 0 Å². The smallest absolute Gasteiger partial charge is 0.312 e. The Morgan fingerprint density at radius 3 is 2.38 bits per heavy atom. The summed E-state index contributed by atoms with van der Waals surface area (Å²) in [6, 6.07) is 0. The van der Waals surface area contributed by atoms with Gasteiger partial charge in [-0.25, -0.2) is 0 Å². The van der Waals surface area contributed by atoms with Gasteiger partial charge in [-0.2, -0.15) is 0 Å². The van der Waals surface area contributed by atoms with Crippen LogP contribution in [-0.4, -0.2) is 75.7 Å². The second-order valence-corrected chi connectivity index (χ2v) is 10.5. The first-order valence-electron chi connectivity index (χ1n) is 11.4. The third kappa shape index (κ3) is 3.27. The Balaban J connectivity index is 2.01. The Morgan fingerprint density at radius 2 is 1.79 bits per heavy atom. The van der Waals surface area contributed by atoms with E-state index in [-0.39, 0.29) is 5.57 Å². The van der Waals surface area contributed by atoms with E-state index in [1.165, 1.54) is 13.8 Å². The number of halogens is 1. The molecule has 4 aliphatic rings. The zero-order valence-electron chi connectivity index (χ0n) is 19.7. The Morgan fingerprint density at radius 1 is 1.18 bits per heavy atom. The fourth-order valence-electron chi connectivity index (χ4n) is 6.48. The predicted molar refractivity (Wildman–Crippen MR) is 119 cm³/mol. The number of alkyl halides is 1. The van der Waals surface area contributed by atoms with Gasteiger partial charge in [-0.3, -0.25) is 14.4 Å². The minimum Gasteiger partial charge on any atom is -0.462 e. The monoisotopic (exact) mass is 498 g/mol. The number of carbonyl (C=O) groups is 3. The van der Waals surface area contributed by atoms with E-state index in [1.807, 2.05) is 0 Å². The van der Waals surface area contributed by atoms with Gasteiger partial charge in [0.15, 0.2) is 11.7 Å². The van der Waals surface area contributed by atoms with Gasteiger partial charge < -0.3 is 29.2 Å². The van der Waals surface area contributed by atoms with Crippen molar-refractivity contribution in [3.63, 3.8) is 0 Å². The van der Waals surface area contributed by atoms with Crippen molar-refractivity contribution < 1.29 is 43.5 Å². The summed E-state index contributed by atoms with van der Waals surface area (Å²) in [5.74, 6) is -3.62. The summed E-state index contributed by atoms with van der Waals surface area (Å²) in [5, 5.41) is 22.0. The van der Waals surface area contributed by atoms with Crippen molar-refractivity contribution in [3.8, 4) is 0 Å². The van der Waals surface area contributed by atoms with Gasteiger partial charge in [0.05, 0.1) is 17.4 Å². The lowest BCUT2D eigenvalue weighted by Gasteiger charge is -2.61. The number of esters is 3. The summed E-state index contributed by atoms with van der Waals surface area (Å²) in [6.45, 7) is 13.9. The van der Waals surface area contributed by atoms with E-state index < -0.39 is 82.8 Å². The maximum absolute atomic E-state index is 12.9. The van der Waals surface area contributed by atoms with Gasteiger partial charge in [0.2, 0.25) is 0 Å². The number of fused-ring (bicyclic) bond motifs is 2. The van der Waals surface area contributed by atoms with Crippen LogP contribution >= 0.6 is 11.6 Å². The van der Waals surface area contributed by atoms with Crippen LogP contribution < -0.4 is 0 Å². The van der Waals surface area contributed by atoms with Crippen molar-refractivity contribution in [2.45, 2.75) is 88.1 Å². The third-order valence-corrected chi connectivity index (χ3v) is 8.69. The molecule has 2 bridgehead atoms. The lowest BCUT2D eigenvalue weighted by molar-refractivity contribution is -0.290. The van der Waals surface area contributed by atoms with Crippen LogP contribution in [0.1, 0.15) is 40.5 Å². The number of hydrogen-bond acceptors (Lipinski definition) is 9. The topological polar surface area (TPSA) is 129 Å². The van der Waals surface area contributed by atoms with E-state index in [0.29, 0.717) is 18.4 Å². The van der Waals surface area contributed by atoms with Gasteiger partial charge in [0.25, 0.3) is 0 Å². The molecular weight excluding hydrogens is 468 g/mol. The van der Waals surface area contributed by atoms with Crippen molar-refractivity contribution in [3.05, 3.63) is 24.3 Å². The lowest BCUT2D eigenvalue weighted by Crippen LogP contribution is -2.74. The van der Waals surface area contributed by atoms with Crippen LogP contribution in [0.5, 0.6) is 0 Å². The van der Waals surface area contributed by atoms with E-state index in [2.05, 4.69) is 13.2 Å². The highest BCUT2D eigenvalue weighted by Crippen LogP contribution is 2.60. The summed E-state index contributed by atoms with van der Waals surface area (Å²) in [6.07, 6.45) is -6.62. The fourth-order valence-corrected chi connectivity index (χ4v) is 6.85. The average Bonchev–Trinajstić information content (AvgIpc) is 3.01. The first-order chi connectivity index (χ1) is 15.8. The predicted octanol–water partition coefficient (Wildman–Crippen LogP) is 1.42. The highest BCUT2D eigenvalue weighted by Gasteiger charge is 2.74. The van der Waals surface area contributed by atoms with Crippen molar-refractivity contribution >= 4 is 29.5 Å². The second-order valence-electron chi connectivity index (χ2n) is 10.1. The average molecular weight is 499 g/mol. The molecule has 1 aliphatic carbocycles. The number of hydrogen-bond donors (Lipinski definition) is 2. The molecule has 3 heterocycles. The minimum atomic E-state index is -1.60. The molecule has 0 amide bonds. The number of aliphatic hydroxyl groups excluding tert-OH is 2. The number of carbonyl (C=O) groups excluding carboxylic acids is 3. The van der Waals surface area contributed by atoms with E-state index in [1.54, 1.807) is 13.8 Å². The molecule has 2 N–H and O–H groups in total. The van der Waals surface area contributed by atoms with Gasteiger partial charge in [-0.1, -0.05) is 25.7 Å². The van der Waals surface area contributed by atoms with Crippen LogP contribution in [-0.2, 0) is 33.3 Å². The molecule has 10 heteroatoms. The Labute approximate surface area is 203 Å². The summed E-state index contributed by atoms with van der Waals surface area (Å²) in [5.41, 5.74) is -2.14. The summed E-state index contributed by atoms with van der Waals surface area (Å²) in [4.78, 5) is 37.2. The van der Waals surface area contributed by atoms with Gasteiger partial charge in [0.1, 0.15) is 24.4 Å². The zero-order valence-corrected chi connectivity index (χ0v) is 20.4. The molecule has 11 atom stereocenters. The molecule has 1 saturated carbocycles. The molecule has 0 aromatic heterocycles. The van der Waals surface area contributed by atoms with E-state index in [4.69, 9.17) is 30.5 Å². The van der Waals surface area contributed by atoms with Crippen LogP contribution in [0, 0.1) is 17.3 Å². The molecule has 0 aromatic carbocycles. The SMILES string of the molecule is C=C1C(Cl)C2OC(=O)C(C)C23OC1C(O)C(O)C1(C)C(OC(C)=O)CCC(=C)C1C3OC(C)=O. The highest BCUT2D eigenvalue weighted by molar-refractivity contribution is 6.23. The Hall–Kier alpha value is -1.94. The van der Waals surface area contributed by atoms with Crippen LogP contribution in [0.15, 0.2) is 24.3 Å². The first-order valence-corrected chi connectivity index (χ1v) is 11.8. The second kappa shape index (κ2) is 8.33. The molecule has 34 heavy (non-hydrogen) atoms. The van der Waals surface area contributed by atoms with Gasteiger partial charge in [0, 0.05) is 25.2 Å². The lowest BCUT2D eigenvalue weighted by atomic mass is 9.53. The van der Waals surface area contributed by atoms with Crippen LogP contribution in [0.2, 0.25) is 0 Å². The first kappa shape index (κ1) is 25.2. The number of rotatable bonds is 2. The molecule has 188 valence electrons. The Kier molecular flexibility index (Phi) is 6.16. The molecule has 0 radical (unpaired) electrons. The Bertz CT molecular complexity index is 949. The maximum Gasteiger partial charge on any atom is 0.312 e. The van der Waals surface area contributed by atoms with Gasteiger partial charge in [-0.15, -0.1) is 11.6 Å². The third-order valence-electron chi connectivity index (χ3n) is 8.19. The van der Waals surface area contributed by atoms with Crippen molar-refractivity contribution in [2.24, 2.45) is 17.3 Å². The van der Waals surface area contributed by atoms with Crippen molar-refractivity contribution in [1.82, 2.24) is 0 Å². The van der Waals surface area contributed by atoms with E-state index in [9.17, 15) is 24.6 Å². The van der Waals surface area contributed by atoms with Gasteiger partial charge >= 0.3 is 17.9 Å². The van der Waals surface area contributed by atoms with E-state index in [0.717, 1.165) is 0 Å². The summed E-state index contributed by atoms with van der Waals surface area (Å²) < 4.78 is 23.5. The fraction of sp³-hybridized carbons (Fsp3) is 0.708. The molecule has 0 aromatic rings. The summed E-state index contributed by atoms with van der Waals surface area (Å²) in [7, 11) is 0. The molecule has 4 rings (SSSR count). The zero-order chi connectivity index (χ0) is 25.3. The normalized spacial score (nSPS) is 48.1. The molecule has 1 spiro atoms. The van der Waals surface area contributed by atoms with Crippen LogP contribution in [0.3, 0.4) is 0 Å². The van der Waals surface area contributed by atoms with E-state index >= 15 is 0 Å². The quantitative estimate of drug-likeness (QED) is 0.251. The summed E-state index contributed by atoms with van der Waals surface area (Å²) >= 11 is 6.70. The van der Waals surface area contributed by atoms with Crippen LogP contribution in [0.25, 0.3) is 0 Å². The molecule has 4 fully saturated rings. The largest absolute Gasteiger partial charge is 0.462 e. The molecule has 3 saturated heterocycles.